The molecule has 3 rings (SSSR count). The lowest BCUT2D eigenvalue weighted by molar-refractivity contribution is 0.0708. The lowest BCUT2D eigenvalue weighted by Gasteiger charge is -2.16. The van der Waals surface area contributed by atoms with Gasteiger partial charge in [-0.05, 0) is 57.8 Å². The summed E-state index contributed by atoms with van der Waals surface area (Å²) in [6.45, 7) is 3.63. The lowest BCUT2D eigenvalue weighted by Crippen LogP contribution is -2.20. The van der Waals surface area contributed by atoms with Crippen LogP contribution >= 0.6 is 11.8 Å². The van der Waals surface area contributed by atoms with Gasteiger partial charge in [0.05, 0.1) is 17.0 Å². The van der Waals surface area contributed by atoms with Gasteiger partial charge in [0.1, 0.15) is 5.82 Å². The zero-order chi connectivity index (χ0) is 17.2. The highest BCUT2D eigenvalue weighted by molar-refractivity contribution is 7.98. The molecule has 0 amide bonds. The van der Waals surface area contributed by atoms with Crippen LogP contribution in [-0.2, 0) is 12.8 Å². The monoisotopic (exact) mass is 344 g/mol. The van der Waals surface area contributed by atoms with Crippen molar-refractivity contribution in [2.75, 3.05) is 6.26 Å². The van der Waals surface area contributed by atoms with Crippen molar-refractivity contribution in [3.63, 3.8) is 0 Å². The molecule has 0 aromatic carbocycles. The maximum Gasteiger partial charge on any atom is 0.187 e. The standard InChI is InChI=1S/C18H24N4OS/c1-18(2,23)8-6-16-20-11-13(15(21-16)10-12-4-5-12)14-7-9-19-17(22-14)24-3/h7,9,11-12,23H,4-6,8,10H2,1-3H3. The number of hydrogen-bond donors (Lipinski definition) is 1. The van der Waals surface area contributed by atoms with Crippen molar-refractivity contribution in [2.24, 2.45) is 5.92 Å². The highest BCUT2D eigenvalue weighted by atomic mass is 32.2. The summed E-state index contributed by atoms with van der Waals surface area (Å²) in [5.74, 6) is 1.54. The van der Waals surface area contributed by atoms with E-state index in [-0.39, 0.29) is 0 Å². The zero-order valence-electron chi connectivity index (χ0n) is 14.5. The van der Waals surface area contributed by atoms with E-state index in [1.165, 1.54) is 24.6 Å². The average molecular weight is 344 g/mol. The first-order valence-corrected chi connectivity index (χ1v) is 9.61. The molecule has 1 aliphatic rings. The normalized spacial score (nSPS) is 14.8. The van der Waals surface area contributed by atoms with Crippen LogP contribution in [-0.4, -0.2) is 36.9 Å². The molecule has 0 spiro atoms. The third kappa shape index (κ3) is 4.74. The van der Waals surface area contributed by atoms with E-state index in [2.05, 4.69) is 15.0 Å². The van der Waals surface area contributed by atoms with Gasteiger partial charge in [0.2, 0.25) is 0 Å². The second-order valence-corrected chi connectivity index (χ2v) is 7.81. The molecule has 0 saturated heterocycles. The Bertz CT molecular complexity index is 710. The van der Waals surface area contributed by atoms with Gasteiger partial charge < -0.3 is 5.11 Å². The molecule has 2 aromatic rings. The molecule has 0 unspecified atom stereocenters. The van der Waals surface area contributed by atoms with Gasteiger partial charge in [-0.3, -0.25) is 0 Å². The van der Waals surface area contributed by atoms with E-state index in [1.54, 1.807) is 6.20 Å². The molecule has 1 saturated carbocycles. The van der Waals surface area contributed by atoms with Crippen LogP contribution in [0.5, 0.6) is 0 Å². The third-order valence-electron chi connectivity index (χ3n) is 4.15. The number of aryl methyl sites for hydroxylation is 1. The molecule has 6 heteroatoms. The fourth-order valence-corrected chi connectivity index (χ4v) is 2.91. The van der Waals surface area contributed by atoms with Crippen molar-refractivity contribution >= 4 is 11.8 Å². The Balaban J connectivity index is 1.89. The predicted molar refractivity (Wildman–Crippen MR) is 95.9 cm³/mol. The van der Waals surface area contributed by atoms with Crippen LogP contribution in [0, 0.1) is 5.92 Å². The number of nitrogens with zero attached hydrogens (tertiary/aromatic N) is 4. The molecule has 128 valence electrons. The van der Waals surface area contributed by atoms with Crippen LogP contribution in [0.15, 0.2) is 23.6 Å². The highest BCUT2D eigenvalue weighted by Gasteiger charge is 2.25. The molecule has 1 N–H and O–H groups in total. The third-order valence-corrected chi connectivity index (χ3v) is 4.71. The molecule has 24 heavy (non-hydrogen) atoms. The average Bonchev–Trinajstić information content (AvgIpc) is 3.36. The van der Waals surface area contributed by atoms with Crippen LogP contribution in [0.25, 0.3) is 11.3 Å². The minimum atomic E-state index is -0.696. The van der Waals surface area contributed by atoms with Gasteiger partial charge in [0.25, 0.3) is 0 Å². The maximum atomic E-state index is 9.92. The molecule has 0 radical (unpaired) electrons. The number of thioether (sulfide) groups is 1. The van der Waals surface area contributed by atoms with E-state index < -0.39 is 5.60 Å². The molecule has 0 atom stereocenters. The van der Waals surface area contributed by atoms with Crippen molar-refractivity contribution in [3.05, 3.63) is 30.0 Å². The Labute approximate surface area is 147 Å². The zero-order valence-corrected chi connectivity index (χ0v) is 15.3. The number of hydrogen-bond acceptors (Lipinski definition) is 6. The summed E-state index contributed by atoms with van der Waals surface area (Å²) in [6.07, 6.45) is 10.5. The van der Waals surface area contributed by atoms with E-state index in [0.717, 1.165) is 40.3 Å². The molecule has 1 fully saturated rings. The van der Waals surface area contributed by atoms with Crippen molar-refractivity contribution in [1.82, 2.24) is 19.9 Å². The van der Waals surface area contributed by atoms with Crippen LogP contribution in [0.1, 0.15) is 44.6 Å². The summed E-state index contributed by atoms with van der Waals surface area (Å²) in [5.41, 5.74) is 2.27. The maximum absolute atomic E-state index is 9.92. The highest BCUT2D eigenvalue weighted by Crippen LogP contribution is 2.34. The van der Waals surface area contributed by atoms with Crippen LogP contribution in [0.4, 0.5) is 0 Å². The van der Waals surface area contributed by atoms with Crippen LogP contribution < -0.4 is 0 Å². The summed E-state index contributed by atoms with van der Waals surface area (Å²) < 4.78 is 0. The topological polar surface area (TPSA) is 71.8 Å². The quantitative estimate of drug-likeness (QED) is 0.614. The molecule has 5 nitrogen and oxygen atoms in total. The molecular weight excluding hydrogens is 320 g/mol. The summed E-state index contributed by atoms with van der Waals surface area (Å²) >= 11 is 1.53. The van der Waals surface area contributed by atoms with E-state index in [9.17, 15) is 5.11 Å². The van der Waals surface area contributed by atoms with Crippen molar-refractivity contribution < 1.29 is 5.11 Å². The van der Waals surface area contributed by atoms with Gasteiger partial charge in [-0.15, -0.1) is 0 Å². The summed E-state index contributed by atoms with van der Waals surface area (Å²) in [6, 6.07) is 1.92. The number of aliphatic hydroxyl groups is 1. The predicted octanol–water partition coefficient (Wildman–Crippen LogP) is 3.31. The van der Waals surface area contributed by atoms with Crippen LogP contribution in [0.2, 0.25) is 0 Å². The molecular formula is C18H24N4OS. The first kappa shape index (κ1) is 17.3. The molecule has 1 aliphatic carbocycles. The van der Waals surface area contributed by atoms with E-state index >= 15 is 0 Å². The van der Waals surface area contributed by atoms with Gasteiger partial charge in [0.15, 0.2) is 5.16 Å². The number of rotatable bonds is 7. The van der Waals surface area contributed by atoms with Gasteiger partial charge >= 0.3 is 0 Å². The SMILES string of the molecule is CSc1nccc(-c2cnc(CCC(C)(C)O)nc2CC2CC2)n1. The first-order valence-electron chi connectivity index (χ1n) is 8.39. The first-order chi connectivity index (χ1) is 11.4. The molecule has 0 aliphatic heterocycles. The van der Waals surface area contributed by atoms with Gasteiger partial charge in [0, 0.05) is 24.4 Å². The minimum Gasteiger partial charge on any atom is -0.390 e. The molecule has 0 bridgehead atoms. The number of aromatic nitrogens is 4. The van der Waals surface area contributed by atoms with Gasteiger partial charge in [-0.1, -0.05) is 11.8 Å². The summed E-state index contributed by atoms with van der Waals surface area (Å²) in [4.78, 5) is 18.2. The Morgan fingerprint density at radius 3 is 2.71 bits per heavy atom. The Morgan fingerprint density at radius 2 is 2.04 bits per heavy atom. The molecule has 2 aromatic heterocycles. The van der Waals surface area contributed by atoms with Gasteiger partial charge in [-0.25, -0.2) is 19.9 Å². The Hall–Kier alpha value is -1.53. The largest absolute Gasteiger partial charge is 0.390 e. The van der Waals surface area contributed by atoms with Crippen LogP contribution in [0.3, 0.4) is 0 Å². The smallest absolute Gasteiger partial charge is 0.187 e. The minimum absolute atomic E-state index is 0.652. The van der Waals surface area contributed by atoms with E-state index in [1.807, 2.05) is 32.4 Å². The second-order valence-electron chi connectivity index (χ2n) is 7.04. The van der Waals surface area contributed by atoms with Crippen molar-refractivity contribution in [2.45, 2.75) is 56.7 Å². The van der Waals surface area contributed by atoms with E-state index in [4.69, 9.17) is 4.98 Å². The molecule has 2 heterocycles. The Morgan fingerprint density at radius 1 is 1.25 bits per heavy atom. The lowest BCUT2D eigenvalue weighted by atomic mass is 10.0. The van der Waals surface area contributed by atoms with Gasteiger partial charge in [-0.2, -0.15) is 0 Å². The fraction of sp³-hybridized carbons (Fsp3) is 0.556. The summed E-state index contributed by atoms with van der Waals surface area (Å²) in [5, 5.41) is 10.7. The fourth-order valence-electron chi connectivity index (χ4n) is 2.55. The summed E-state index contributed by atoms with van der Waals surface area (Å²) in [7, 11) is 0. The van der Waals surface area contributed by atoms with Crippen molar-refractivity contribution in [1.29, 1.82) is 0 Å². The second kappa shape index (κ2) is 7.15. The van der Waals surface area contributed by atoms with Crippen molar-refractivity contribution in [3.8, 4) is 11.3 Å². The van der Waals surface area contributed by atoms with E-state index in [0.29, 0.717) is 12.8 Å². The Kier molecular flexibility index (Phi) is 5.15.